The van der Waals surface area contributed by atoms with E-state index in [0.717, 1.165) is 23.6 Å². The summed E-state index contributed by atoms with van der Waals surface area (Å²) >= 11 is 0. The Labute approximate surface area is 103 Å². The fraction of sp³-hybridized carbons (Fsp3) is 0.692. The van der Waals surface area contributed by atoms with Gasteiger partial charge in [-0.3, -0.25) is 0 Å². The van der Waals surface area contributed by atoms with Gasteiger partial charge in [-0.05, 0) is 45.6 Å². The highest BCUT2D eigenvalue weighted by Gasteiger charge is 2.23. The number of aryl methyl sites for hydroxylation is 1. The average Bonchev–Trinajstić information content (AvgIpc) is 2.33. The van der Waals surface area contributed by atoms with Crippen molar-refractivity contribution in [1.82, 2.24) is 10.2 Å². The van der Waals surface area contributed by atoms with E-state index in [1.165, 1.54) is 24.8 Å². The van der Waals surface area contributed by atoms with Gasteiger partial charge < -0.3 is 10.6 Å². The number of anilines is 1. The molecule has 1 fully saturated rings. The number of hydrogen-bond acceptors (Lipinski definition) is 4. The monoisotopic (exact) mass is 234 g/mol. The van der Waals surface area contributed by atoms with Gasteiger partial charge in [0, 0.05) is 24.7 Å². The first-order valence-corrected chi connectivity index (χ1v) is 6.44. The summed E-state index contributed by atoms with van der Waals surface area (Å²) in [6.45, 7) is 7.96. The zero-order valence-electron chi connectivity index (χ0n) is 11.0. The minimum atomic E-state index is 0.542. The molecule has 0 spiro atoms. The van der Waals surface area contributed by atoms with E-state index < -0.39 is 0 Å². The largest absolute Gasteiger partial charge is 0.352 e. The van der Waals surface area contributed by atoms with Gasteiger partial charge in [-0.15, -0.1) is 5.10 Å². The minimum Gasteiger partial charge on any atom is -0.352 e. The highest BCUT2D eigenvalue weighted by molar-refractivity contribution is 5.51. The fourth-order valence-electron chi connectivity index (χ4n) is 2.53. The molecule has 1 atom stereocenters. The van der Waals surface area contributed by atoms with Crippen LogP contribution < -0.4 is 10.6 Å². The summed E-state index contributed by atoms with van der Waals surface area (Å²) in [5, 5.41) is 8.63. The van der Waals surface area contributed by atoms with Crippen molar-refractivity contribution in [2.75, 3.05) is 11.4 Å². The topological polar surface area (TPSA) is 55.0 Å². The van der Waals surface area contributed by atoms with Gasteiger partial charge in [0.25, 0.3) is 0 Å². The molecule has 1 aromatic rings. The lowest BCUT2D eigenvalue weighted by atomic mass is 10.0. The Kier molecular flexibility index (Phi) is 3.62. The predicted molar refractivity (Wildman–Crippen MR) is 70.1 cm³/mol. The summed E-state index contributed by atoms with van der Waals surface area (Å²) in [5.74, 6) is 1.00. The van der Waals surface area contributed by atoms with Crippen LogP contribution in [0.3, 0.4) is 0 Å². The Bertz CT molecular complexity index is 403. The van der Waals surface area contributed by atoms with Crippen molar-refractivity contribution in [2.24, 2.45) is 5.73 Å². The van der Waals surface area contributed by atoms with Crippen molar-refractivity contribution in [2.45, 2.75) is 52.6 Å². The number of piperidine rings is 1. The van der Waals surface area contributed by atoms with Gasteiger partial charge in [-0.1, -0.05) is 0 Å². The molecular weight excluding hydrogens is 212 g/mol. The van der Waals surface area contributed by atoms with Crippen LogP contribution in [0.25, 0.3) is 0 Å². The molecule has 1 aromatic heterocycles. The van der Waals surface area contributed by atoms with Crippen LogP contribution in [0, 0.1) is 13.8 Å². The van der Waals surface area contributed by atoms with E-state index in [1.807, 2.05) is 6.92 Å². The molecule has 0 saturated carbocycles. The predicted octanol–water partition coefficient (Wildman–Crippen LogP) is 1.93. The molecule has 1 unspecified atom stereocenters. The third kappa shape index (κ3) is 2.27. The summed E-state index contributed by atoms with van der Waals surface area (Å²) in [6.07, 6.45) is 3.79. The zero-order valence-corrected chi connectivity index (χ0v) is 11.0. The molecule has 4 heteroatoms. The van der Waals surface area contributed by atoms with Crippen LogP contribution in [-0.2, 0) is 6.54 Å². The van der Waals surface area contributed by atoms with Crippen LogP contribution in [0.2, 0.25) is 0 Å². The summed E-state index contributed by atoms with van der Waals surface area (Å²) in [6, 6.07) is 0.547. The fourth-order valence-corrected chi connectivity index (χ4v) is 2.53. The molecule has 4 nitrogen and oxygen atoms in total. The lowest BCUT2D eigenvalue weighted by Gasteiger charge is -2.35. The Morgan fingerprint density at radius 1 is 1.29 bits per heavy atom. The first-order chi connectivity index (χ1) is 8.15. The number of hydrogen-bond donors (Lipinski definition) is 1. The Morgan fingerprint density at radius 2 is 2.06 bits per heavy atom. The second kappa shape index (κ2) is 5.00. The van der Waals surface area contributed by atoms with E-state index in [4.69, 9.17) is 5.73 Å². The lowest BCUT2D eigenvalue weighted by molar-refractivity contribution is 0.478. The molecule has 1 aliphatic rings. The molecule has 94 valence electrons. The highest BCUT2D eigenvalue weighted by atomic mass is 15.3. The van der Waals surface area contributed by atoms with Gasteiger partial charge in [0.15, 0.2) is 5.82 Å². The summed E-state index contributed by atoms with van der Waals surface area (Å²) in [4.78, 5) is 2.37. The van der Waals surface area contributed by atoms with Crippen LogP contribution in [0.5, 0.6) is 0 Å². The molecule has 0 amide bonds. The van der Waals surface area contributed by atoms with E-state index in [1.54, 1.807) is 0 Å². The maximum Gasteiger partial charge on any atom is 0.156 e. The molecule has 1 saturated heterocycles. The highest BCUT2D eigenvalue weighted by Crippen LogP contribution is 2.27. The average molecular weight is 234 g/mol. The van der Waals surface area contributed by atoms with Gasteiger partial charge in [0.2, 0.25) is 0 Å². The van der Waals surface area contributed by atoms with Gasteiger partial charge in [-0.2, -0.15) is 5.10 Å². The Hall–Kier alpha value is -1.16. The molecule has 0 aromatic carbocycles. The van der Waals surface area contributed by atoms with Crippen molar-refractivity contribution < 1.29 is 0 Å². The van der Waals surface area contributed by atoms with E-state index >= 15 is 0 Å². The van der Waals surface area contributed by atoms with Gasteiger partial charge in [0.1, 0.15) is 0 Å². The number of nitrogens with two attached hydrogens (primary N) is 1. The number of nitrogens with zero attached hydrogens (tertiary/aromatic N) is 3. The standard InChI is InChI=1S/C13H22N4/c1-9-6-4-5-7-17(9)13-12(8-14)10(2)11(3)15-16-13/h9H,4-8,14H2,1-3H3. The number of rotatable bonds is 2. The first kappa shape index (κ1) is 12.3. The lowest BCUT2D eigenvalue weighted by Crippen LogP contribution is -2.39. The van der Waals surface area contributed by atoms with E-state index in [9.17, 15) is 0 Å². The smallest absolute Gasteiger partial charge is 0.156 e. The van der Waals surface area contributed by atoms with E-state index in [-0.39, 0.29) is 0 Å². The van der Waals surface area contributed by atoms with Crippen molar-refractivity contribution in [1.29, 1.82) is 0 Å². The van der Waals surface area contributed by atoms with Crippen molar-refractivity contribution in [3.63, 3.8) is 0 Å². The normalized spacial score (nSPS) is 20.7. The third-order valence-corrected chi connectivity index (χ3v) is 3.84. The molecule has 17 heavy (non-hydrogen) atoms. The maximum atomic E-state index is 5.88. The third-order valence-electron chi connectivity index (χ3n) is 3.84. The van der Waals surface area contributed by atoms with Gasteiger partial charge in [-0.25, -0.2) is 0 Å². The zero-order chi connectivity index (χ0) is 12.4. The SMILES string of the molecule is Cc1nnc(N2CCCCC2C)c(CN)c1C. The van der Waals surface area contributed by atoms with Crippen molar-refractivity contribution >= 4 is 5.82 Å². The Morgan fingerprint density at radius 3 is 2.71 bits per heavy atom. The second-order valence-corrected chi connectivity index (χ2v) is 4.95. The number of aromatic nitrogens is 2. The Balaban J connectivity index is 2.40. The quantitative estimate of drug-likeness (QED) is 0.849. The van der Waals surface area contributed by atoms with Gasteiger partial charge in [0.05, 0.1) is 5.69 Å². The van der Waals surface area contributed by atoms with Crippen LogP contribution >= 0.6 is 0 Å². The van der Waals surface area contributed by atoms with Crippen LogP contribution in [0.15, 0.2) is 0 Å². The molecule has 0 aliphatic carbocycles. The molecular formula is C13H22N4. The minimum absolute atomic E-state index is 0.542. The summed E-state index contributed by atoms with van der Waals surface area (Å²) in [7, 11) is 0. The molecule has 0 bridgehead atoms. The van der Waals surface area contributed by atoms with Crippen molar-refractivity contribution in [3.8, 4) is 0 Å². The van der Waals surface area contributed by atoms with E-state index in [0.29, 0.717) is 12.6 Å². The molecule has 2 rings (SSSR count). The van der Waals surface area contributed by atoms with Crippen LogP contribution in [-0.4, -0.2) is 22.8 Å². The summed E-state index contributed by atoms with van der Waals surface area (Å²) in [5.41, 5.74) is 9.21. The van der Waals surface area contributed by atoms with E-state index in [2.05, 4.69) is 28.9 Å². The van der Waals surface area contributed by atoms with Crippen molar-refractivity contribution in [3.05, 3.63) is 16.8 Å². The second-order valence-electron chi connectivity index (χ2n) is 4.95. The molecule has 2 heterocycles. The maximum absolute atomic E-state index is 5.88. The van der Waals surface area contributed by atoms with Crippen LogP contribution in [0.4, 0.5) is 5.82 Å². The van der Waals surface area contributed by atoms with Gasteiger partial charge >= 0.3 is 0 Å². The molecule has 1 aliphatic heterocycles. The van der Waals surface area contributed by atoms with Crippen LogP contribution in [0.1, 0.15) is 43.0 Å². The molecule has 0 radical (unpaired) electrons. The first-order valence-electron chi connectivity index (χ1n) is 6.44. The molecule has 2 N–H and O–H groups in total. The summed E-state index contributed by atoms with van der Waals surface area (Å²) < 4.78 is 0.